The number of rotatable bonds is 0. The molecule has 0 unspecified atom stereocenters. The molecule has 2 radical (unpaired) electrons. The first-order valence-corrected chi connectivity index (χ1v) is 2.15. The third-order valence-electron chi connectivity index (χ3n) is 0. The van der Waals surface area contributed by atoms with E-state index in [1.54, 1.807) is 0 Å². The topological polar surface area (TPSA) is 0 Å². The van der Waals surface area contributed by atoms with Crippen LogP contribution >= 0.6 is 24.8 Å². The Morgan fingerprint density at radius 3 is 1.17 bits per heavy atom. The molecule has 0 spiro atoms. The van der Waals surface area contributed by atoms with E-state index in [0.717, 1.165) is 4.78 Å². The average molecular weight is 143 g/mol. The van der Waals surface area contributed by atoms with Gasteiger partial charge in [-0.15, -0.1) is 29.6 Å². The molecule has 0 atom stereocenters. The molecule has 0 N–H and O–H groups in total. The molecule has 0 aliphatic heterocycles. The summed E-state index contributed by atoms with van der Waals surface area (Å²) in [5, 5.41) is 0. The summed E-state index contributed by atoms with van der Waals surface area (Å²) in [6.07, 6.45) is 0. The van der Waals surface area contributed by atoms with Crippen LogP contribution in [0.15, 0.2) is 0 Å². The van der Waals surface area contributed by atoms with Crippen molar-refractivity contribution in [1.29, 1.82) is 0 Å². The first kappa shape index (κ1) is 15.7. The molecule has 0 bridgehead atoms. The van der Waals surface area contributed by atoms with Gasteiger partial charge >= 0.3 is 0 Å². The highest BCUT2D eigenvalue weighted by molar-refractivity contribution is 6.10. The highest BCUT2D eigenvalue weighted by Crippen LogP contribution is 1.84. The van der Waals surface area contributed by atoms with Crippen LogP contribution in [0.1, 0.15) is 13.8 Å². The van der Waals surface area contributed by atoms with E-state index in [4.69, 9.17) is 0 Å². The third-order valence-corrected chi connectivity index (χ3v) is 0. The second kappa shape index (κ2) is 9.45. The van der Waals surface area contributed by atoms with Gasteiger partial charge < -0.3 is 0 Å². The highest BCUT2D eigenvalue weighted by Gasteiger charge is 1.68. The molecular formula is C3H9AlCl2. The van der Waals surface area contributed by atoms with Crippen molar-refractivity contribution < 1.29 is 0 Å². The second-order valence-electron chi connectivity index (χ2n) is 1.24. The van der Waals surface area contributed by atoms with Crippen molar-refractivity contribution in [2.75, 3.05) is 0 Å². The van der Waals surface area contributed by atoms with E-state index in [1.807, 2.05) is 0 Å². The fourth-order valence-corrected chi connectivity index (χ4v) is 0. The third kappa shape index (κ3) is 69.9. The van der Waals surface area contributed by atoms with Gasteiger partial charge in [-0.1, -0.05) is 13.8 Å². The molecule has 0 aromatic carbocycles. The van der Waals surface area contributed by atoms with Crippen LogP contribution in [0.2, 0.25) is 4.78 Å². The normalized spacial score (nSPS) is 5.83. The molecule has 38 valence electrons. The van der Waals surface area contributed by atoms with Crippen molar-refractivity contribution in [3.8, 4) is 0 Å². The molecule has 0 amide bonds. The first-order valence-electron chi connectivity index (χ1n) is 1.49. The molecule has 0 aliphatic rings. The molecule has 0 nitrogen and oxygen atoms in total. The molecule has 0 aromatic rings. The zero-order valence-corrected chi connectivity index (χ0v) is 6.76. The van der Waals surface area contributed by atoms with Crippen LogP contribution in [0.5, 0.6) is 0 Å². The Morgan fingerprint density at radius 2 is 1.17 bits per heavy atom. The monoisotopic (exact) mass is 142 g/mol. The quantitative estimate of drug-likeness (QED) is 0.453. The molecule has 0 heterocycles. The van der Waals surface area contributed by atoms with Gasteiger partial charge in [0.05, 0.1) is 0 Å². The summed E-state index contributed by atoms with van der Waals surface area (Å²) in [5.41, 5.74) is 0. The maximum Gasteiger partial charge on any atom is 0.122 e. The standard InChI is InChI=1S/C3H7.Al.2ClH/c1-3-2;;;/h3H,1-2H3;;2*1H. The van der Waals surface area contributed by atoms with Gasteiger partial charge in [-0.05, 0) is 0 Å². The number of hydrogen-bond acceptors (Lipinski definition) is 0. The van der Waals surface area contributed by atoms with E-state index >= 15 is 0 Å². The zero-order chi connectivity index (χ0) is 3.58. The Labute approximate surface area is 59.9 Å². The summed E-state index contributed by atoms with van der Waals surface area (Å²) in [5.74, 6) is 0. The minimum absolute atomic E-state index is 0. The summed E-state index contributed by atoms with van der Waals surface area (Å²) >= 11 is 2.66. The van der Waals surface area contributed by atoms with Crippen molar-refractivity contribution in [3.63, 3.8) is 0 Å². The summed E-state index contributed by atoms with van der Waals surface area (Å²) < 4.78 is 0.750. The van der Waals surface area contributed by atoms with Crippen LogP contribution in [0, 0.1) is 0 Å². The van der Waals surface area contributed by atoms with Crippen molar-refractivity contribution in [3.05, 3.63) is 0 Å². The Bertz CT molecular complexity index is 13.5. The number of hydrogen-bond donors (Lipinski definition) is 0. The Kier molecular flexibility index (Phi) is 24.7. The van der Waals surface area contributed by atoms with Crippen LogP contribution in [0.25, 0.3) is 0 Å². The summed E-state index contributed by atoms with van der Waals surface area (Å²) in [6, 6.07) is 0. The predicted octanol–water partition coefficient (Wildman–Crippen LogP) is 1.83. The lowest BCUT2D eigenvalue weighted by Crippen LogP contribution is -1.67. The van der Waals surface area contributed by atoms with E-state index in [0.29, 0.717) is 0 Å². The summed E-state index contributed by atoms with van der Waals surface area (Å²) in [6.45, 7) is 4.26. The van der Waals surface area contributed by atoms with Gasteiger partial charge in [-0.25, -0.2) is 0 Å². The van der Waals surface area contributed by atoms with E-state index in [-0.39, 0.29) is 24.8 Å². The lowest BCUT2D eigenvalue weighted by atomic mass is 10.6. The van der Waals surface area contributed by atoms with Crippen LogP contribution in [0.3, 0.4) is 0 Å². The van der Waals surface area contributed by atoms with Gasteiger partial charge in [0.25, 0.3) is 0 Å². The molecular weight excluding hydrogens is 134 g/mol. The van der Waals surface area contributed by atoms with Gasteiger partial charge in [0.2, 0.25) is 0 Å². The Hall–Kier alpha value is 1.11. The van der Waals surface area contributed by atoms with E-state index in [1.165, 1.54) is 0 Å². The SMILES string of the molecule is C[CH](C)[Al].Cl.Cl. The maximum absolute atomic E-state index is 2.66. The van der Waals surface area contributed by atoms with Crippen molar-refractivity contribution >= 4 is 41.1 Å². The smallest absolute Gasteiger partial charge is 0.122 e. The van der Waals surface area contributed by atoms with Gasteiger partial charge in [-0.3, -0.25) is 0 Å². The fourth-order valence-electron chi connectivity index (χ4n) is 0. The predicted molar refractivity (Wildman–Crippen MR) is 35.3 cm³/mol. The van der Waals surface area contributed by atoms with Gasteiger partial charge in [0.15, 0.2) is 0 Å². The van der Waals surface area contributed by atoms with Crippen molar-refractivity contribution in [2.45, 2.75) is 18.6 Å². The van der Waals surface area contributed by atoms with Crippen LogP contribution in [-0.2, 0) is 0 Å². The lowest BCUT2D eigenvalue weighted by molar-refractivity contribution is 1.08. The first-order chi connectivity index (χ1) is 1.73. The van der Waals surface area contributed by atoms with Crippen LogP contribution in [-0.4, -0.2) is 16.3 Å². The van der Waals surface area contributed by atoms with E-state index < -0.39 is 0 Å². The number of halogens is 2. The van der Waals surface area contributed by atoms with E-state index in [2.05, 4.69) is 30.1 Å². The average Bonchev–Trinajstić information content (AvgIpc) is 0.811. The molecule has 3 heteroatoms. The van der Waals surface area contributed by atoms with Gasteiger partial charge in [0, 0.05) is 0 Å². The molecule has 0 saturated heterocycles. The Balaban J connectivity index is -0.0000000450. The molecule has 0 fully saturated rings. The lowest BCUT2D eigenvalue weighted by Gasteiger charge is -1.80. The fraction of sp³-hybridized carbons (Fsp3) is 1.00. The maximum atomic E-state index is 2.66. The van der Waals surface area contributed by atoms with Gasteiger partial charge in [0.1, 0.15) is 16.3 Å². The minimum Gasteiger partial charge on any atom is -0.147 e. The van der Waals surface area contributed by atoms with Crippen molar-refractivity contribution in [1.82, 2.24) is 0 Å². The molecule has 0 aromatic heterocycles. The van der Waals surface area contributed by atoms with Crippen LogP contribution < -0.4 is 0 Å². The van der Waals surface area contributed by atoms with E-state index in [9.17, 15) is 0 Å². The summed E-state index contributed by atoms with van der Waals surface area (Å²) in [7, 11) is 0. The highest BCUT2D eigenvalue weighted by atomic mass is 35.5. The summed E-state index contributed by atoms with van der Waals surface area (Å²) in [4.78, 5) is 0. The van der Waals surface area contributed by atoms with Crippen molar-refractivity contribution in [2.24, 2.45) is 0 Å². The van der Waals surface area contributed by atoms with Gasteiger partial charge in [-0.2, -0.15) is 0 Å². The largest absolute Gasteiger partial charge is 0.147 e. The Morgan fingerprint density at radius 1 is 1.17 bits per heavy atom. The molecule has 0 rings (SSSR count). The molecule has 0 saturated carbocycles. The zero-order valence-electron chi connectivity index (χ0n) is 3.97. The molecule has 6 heavy (non-hydrogen) atoms. The minimum atomic E-state index is 0. The van der Waals surface area contributed by atoms with Crippen LogP contribution in [0.4, 0.5) is 0 Å². The second-order valence-corrected chi connectivity index (χ2v) is 2.58. The molecule has 0 aliphatic carbocycles.